The molecule has 0 amide bonds. The zero-order valence-corrected chi connectivity index (χ0v) is 17.1. The number of benzene rings is 2. The summed E-state index contributed by atoms with van der Waals surface area (Å²) in [6, 6.07) is 23.6. The van der Waals surface area contributed by atoms with Gasteiger partial charge in [-0.3, -0.25) is 4.90 Å². The lowest BCUT2D eigenvalue weighted by atomic mass is 9.86. The molecule has 1 aromatic heterocycles. The minimum atomic E-state index is 0.210. The molecule has 1 aliphatic heterocycles. The molecule has 0 bridgehead atoms. The Bertz CT molecular complexity index is 845. The molecule has 4 rings (SSSR count). The zero-order valence-electron chi connectivity index (χ0n) is 17.1. The predicted octanol–water partition coefficient (Wildman–Crippen LogP) is 4.46. The standard InChI is InChI=1S/C25H29N3O/c1-2-25-26-14-13-22(27-25)18-28-15-16-29-23(19-28)17-24(20-9-5-3-6-10-20)21-11-7-4-8-12-21/h3-14,23-24H,2,15-19H2,1H3/t23-/m0/s1. The van der Waals surface area contributed by atoms with Crippen LogP contribution in [0, 0.1) is 0 Å². The molecule has 1 aliphatic rings. The van der Waals surface area contributed by atoms with E-state index in [-0.39, 0.29) is 6.10 Å². The van der Waals surface area contributed by atoms with Crippen molar-refractivity contribution >= 4 is 0 Å². The lowest BCUT2D eigenvalue weighted by Crippen LogP contribution is -2.42. The van der Waals surface area contributed by atoms with E-state index in [4.69, 9.17) is 4.74 Å². The van der Waals surface area contributed by atoms with Crippen LogP contribution in [0.15, 0.2) is 72.9 Å². The van der Waals surface area contributed by atoms with Gasteiger partial charge in [-0.1, -0.05) is 67.6 Å². The lowest BCUT2D eigenvalue weighted by Gasteiger charge is -2.34. The van der Waals surface area contributed by atoms with Gasteiger partial charge in [0, 0.05) is 38.2 Å². The molecule has 1 atom stereocenters. The summed E-state index contributed by atoms with van der Waals surface area (Å²) >= 11 is 0. The van der Waals surface area contributed by atoms with Crippen LogP contribution in [-0.4, -0.2) is 40.7 Å². The van der Waals surface area contributed by atoms with Crippen molar-refractivity contribution in [2.45, 2.75) is 38.3 Å². The summed E-state index contributed by atoms with van der Waals surface area (Å²) in [6.07, 6.45) is 3.94. The molecule has 0 saturated carbocycles. The number of aromatic nitrogens is 2. The highest BCUT2D eigenvalue weighted by molar-refractivity contribution is 5.32. The van der Waals surface area contributed by atoms with Gasteiger partial charge in [-0.2, -0.15) is 0 Å². The average molecular weight is 388 g/mol. The molecule has 3 aromatic rings. The number of nitrogens with zero attached hydrogens (tertiary/aromatic N) is 3. The molecule has 0 spiro atoms. The maximum absolute atomic E-state index is 6.19. The molecule has 0 aliphatic carbocycles. The Hall–Kier alpha value is -2.56. The third-order valence-corrected chi connectivity index (χ3v) is 5.59. The fourth-order valence-electron chi connectivity index (χ4n) is 4.09. The van der Waals surface area contributed by atoms with Crippen molar-refractivity contribution in [1.29, 1.82) is 0 Å². The van der Waals surface area contributed by atoms with Gasteiger partial charge in [0.25, 0.3) is 0 Å². The quantitative estimate of drug-likeness (QED) is 0.600. The smallest absolute Gasteiger partial charge is 0.128 e. The normalized spacial score (nSPS) is 17.5. The molecular weight excluding hydrogens is 358 g/mol. The molecule has 29 heavy (non-hydrogen) atoms. The van der Waals surface area contributed by atoms with Crippen LogP contribution in [0.2, 0.25) is 0 Å². The van der Waals surface area contributed by atoms with Crippen molar-refractivity contribution < 1.29 is 4.74 Å². The minimum Gasteiger partial charge on any atom is -0.376 e. The van der Waals surface area contributed by atoms with Crippen molar-refractivity contribution in [3.63, 3.8) is 0 Å². The number of morpholine rings is 1. The maximum Gasteiger partial charge on any atom is 0.128 e. The van der Waals surface area contributed by atoms with Gasteiger partial charge in [-0.05, 0) is 23.6 Å². The van der Waals surface area contributed by atoms with Crippen molar-refractivity contribution in [3.05, 3.63) is 95.6 Å². The van der Waals surface area contributed by atoms with Crippen LogP contribution in [-0.2, 0) is 17.7 Å². The minimum absolute atomic E-state index is 0.210. The Balaban J connectivity index is 1.46. The first kappa shape index (κ1) is 19.7. The summed E-state index contributed by atoms with van der Waals surface area (Å²) in [5.41, 5.74) is 3.80. The van der Waals surface area contributed by atoms with E-state index in [9.17, 15) is 0 Å². The third kappa shape index (κ3) is 5.28. The van der Waals surface area contributed by atoms with Crippen LogP contribution in [0.1, 0.15) is 41.9 Å². The molecule has 0 N–H and O–H groups in total. The van der Waals surface area contributed by atoms with E-state index in [0.29, 0.717) is 5.92 Å². The molecule has 1 saturated heterocycles. The Morgan fingerprint density at radius 3 is 2.34 bits per heavy atom. The van der Waals surface area contributed by atoms with E-state index in [1.165, 1.54) is 11.1 Å². The molecule has 0 radical (unpaired) electrons. The summed E-state index contributed by atoms with van der Waals surface area (Å²) in [6.45, 7) is 5.60. The van der Waals surface area contributed by atoms with Gasteiger partial charge in [0.05, 0.1) is 18.4 Å². The molecule has 1 fully saturated rings. The van der Waals surface area contributed by atoms with Crippen LogP contribution in [0.5, 0.6) is 0 Å². The second kappa shape index (κ2) is 9.77. The van der Waals surface area contributed by atoms with Crippen LogP contribution in [0.25, 0.3) is 0 Å². The van der Waals surface area contributed by atoms with Gasteiger partial charge in [-0.15, -0.1) is 0 Å². The van der Waals surface area contributed by atoms with Crippen molar-refractivity contribution in [2.75, 3.05) is 19.7 Å². The Morgan fingerprint density at radius 1 is 1.00 bits per heavy atom. The SMILES string of the molecule is CCc1nccc(CN2CCO[C@@H](CC(c3ccccc3)c3ccccc3)C2)n1. The van der Waals surface area contributed by atoms with E-state index in [1.54, 1.807) is 0 Å². The molecule has 4 heteroatoms. The summed E-state index contributed by atoms with van der Waals surface area (Å²) < 4.78 is 6.19. The highest BCUT2D eigenvalue weighted by Gasteiger charge is 2.25. The predicted molar refractivity (Wildman–Crippen MR) is 116 cm³/mol. The van der Waals surface area contributed by atoms with Gasteiger partial charge in [-0.25, -0.2) is 9.97 Å². The molecule has 2 heterocycles. The van der Waals surface area contributed by atoms with E-state index in [2.05, 4.69) is 82.5 Å². The first-order chi connectivity index (χ1) is 14.3. The number of rotatable bonds is 7. The van der Waals surface area contributed by atoms with Crippen LogP contribution < -0.4 is 0 Å². The van der Waals surface area contributed by atoms with E-state index in [1.807, 2.05) is 12.3 Å². The van der Waals surface area contributed by atoms with Gasteiger partial charge in [0.15, 0.2) is 0 Å². The van der Waals surface area contributed by atoms with Crippen LogP contribution >= 0.6 is 0 Å². The van der Waals surface area contributed by atoms with Crippen molar-refractivity contribution in [1.82, 2.24) is 14.9 Å². The summed E-state index contributed by atoms with van der Waals surface area (Å²) in [5.74, 6) is 1.26. The number of hydrogen-bond acceptors (Lipinski definition) is 4. The largest absolute Gasteiger partial charge is 0.376 e. The number of ether oxygens (including phenoxy) is 1. The molecule has 0 unspecified atom stereocenters. The van der Waals surface area contributed by atoms with Gasteiger partial charge >= 0.3 is 0 Å². The van der Waals surface area contributed by atoms with Gasteiger partial charge < -0.3 is 4.74 Å². The monoisotopic (exact) mass is 387 g/mol. The second-order valence-corrected chi connectivity index (χ2v) is 7.66. The first-order valence-electron chi connectivity index (χ1n) is 10.6. The van der Waals surface area contributed by atoms with Crippen LogP contribution in [0.3, 0.4) is 0 Å². The zero-order chi connectivity index (χ0) is 19.9. The van der Waals surface area contributed by atoms with Crippen molar-refractivity contribution in [3.8, 4) is 0 Å². The Morgan fingerprint density at radius 2 is 1.69 bits per heavy atom. The highest BCUT2D eigenvalue weighted by Crippen LogP contribution is 2.31. The topological polar surface area (TPSA) is 38.2 Å². The third-order valence-electron chi connectivity index (χ3n) is 5.59. The van der Waals surface area contributed by atoms with Gasteiger partial charge in [0.2, 0.25) is 0 Å². The summed E-state index contributed by atoms with van der Waals surface area (Å²) in [7, 11) is 0. The molecular formula is C25H29N3O. The fraction of sp³-hybridized carbons (Fsp3) is 0.360. The summed E-state index contributed by atoms with van der Waals surface area (Å²) in [4.78, 5) is 11.5. The number of hydrogen-bond donors (Lipinski definition) is 0. The Kier molecular flexibility index (Phi) is 6.65. The molecule has 4 nitrogen and oxygen atoms in total. The molecule has 150 valence electrons. The maximum atomic E-state index is 6.19. The fourth-order valence-corrected chi connectivity index (χ4v) is 4.09. The second-order valence-electron chi connectivity index (χ2n) is 7.66. The number of aryl methyl sites for hydroxylation is 1. The lowest BCUT2D eigenvalue weighted by molar-refractivity contribution is -0.0368. The Labute approximate surface area is 173 Å². The average Bonchev–Trinajstić information content (AvgIpc) is 2.79. The van der Waals surface area contributed by atoms with E-state index in [0.717, 1.165) is 50.6 Å². The first-order valence-corrected chi connectivity index (χ1v) is 10.6. The van der Waals surface area contributed by atoms with E-state index < -0.39 is 0 Å². The highest BCUT2D eigenvalue weighted by atomic mass is 16.5. The van der Waals surface area contributed by atoms with Gasteiger partial charge in [0.1, 0.15) is 5.82 Å². The van der Waals surface area contributed by atoms with Crippen LogP contribution in [0.4, 0.5) is 0 Å². The summed E-state index contributed by atoms with van der Waals surface area (Å²) in [5, 5.41) is 0. The van der Waals surface area contributed by atoms with Crippen molar-refractivity contribution in [2.24, 2.45) is 0 Å². The molecule has 2 aromatic carbocycles. The van der Waals surface area contributed by atoms with E-state index >= 15 is 0 Å².